The summed E-state index contributed by atoms with van der Waals surface area (Å²) in [6, 6.07) is 0. The fourth-order valence-corrected chi connectivity index (χ4v) is 8.11. The molecular formula is C26H38O7. The Balaban J connectivity index is 1.73. The second-order valence-electron chi connectivity index (χ2n) is 11.2. The van der Waals surface area contributed by atoms with Crippen molar-refractivity contribution >= 4 is 17.5 Å². The molecule has 0 unspecified atom stereocenters. The topological polar surface area (TPSA) is 121 Å². The molecule has 0 aliphatic heterocycles. The van der Waals surface area contributed by atoms with Gasteiger partial charge in [0.15, 0.2) is 11.4 Å². The fraction of sp³-hybridized carbons (Fsp3) is 0.808. The Labute approximate surface area is 195 Å². The van der Waals surface area contributed by atoms with Crippen LogP contribution in [0.25, 0.3) is 0 Å². The Morgan fingerprint density at radius 3 is 2.61 bits per heavy atom. The summed E-state index contributed by atoms with van der Waals surface area (Å²) in [6.45, 7) is 5.21. The smallest absolute Gasteiger partial charge is 0.306 e. The third kappa shape index (κ3) is 3.53. The van der Waals surface area contributed by atoms with Gasteiger partial charge in [-0.25, -0.2) is 0 Å². The molecule has 3 N–H and O–H groups in total. The molecule has 4 rings (SSSR count). The van der Waals surface area contributed by atoms with Gasteiger partial charge in [-0.15, -0.1) is 0 Å². The number of fused-ring (bicyclic) bond motifs is 5. The summed E-state index contributed by atoms with van der Waals surface area (Å²) in [4.78, 5) is 37.9. The lowest BCUT2D eigenvalue weighted by Crippen LogP contribution is -2.64. The molecule has 33 heavy (non-hydrogen) atoms. The molecule has 0 aromatic carbocycles. The lowest BCUT2D eigenvalue weighted by molar-refractivity contribution is -0.205. The lowest BCUT2D eigenvalue weighted by atomic mass is 9.45. The van der Waals surface area contributed by atoms with E-state index < -0.39 is 47.0 Å². The number of unbranched alkanes of at least 4 members (excludes halogenated alkanes) is 1. The predicted molar refractivity (Wildman–Crippen MR) is 120 cm³/mol. The number of ketones is 2. The van der Waals surface area contributed by atoms with Gasteiger partial charge < -0.3 is 20.1 Å². The van der Waals surface area contributed by atoms with Gasteiger partial charge in [0.05, 0.1) is 12.2 Å². The van der Waals surface area contributed by atoms with E-state index in [0.29, 0.717) is 38.5 Å². The molecule has 0 spiro atoms. The first-order valence-electron chi connectivity index (χ1n) is 12.5. The summed E-state index contributed by atoms with van der Waals surface area (Å²) in [7, 11) is 0. The number of esters is 1. The van der Waals surface area contributed by atoms with Crippen molar-refractivity contribution in [3.8, 4) is 0 Å². The Morgan fingerprint density at radius 1 is 1.21 bits per heavy atom. The maximum atomic E-state index is 13.2. The Morgan fingerprint density at radius 2 is 1.94 bits per heavy atom. The van der Waals surface area contributed by atoms with E-state index in [1.807, 2.05) is 20.8 Å². The third-order valence-electron chi connectivity index (χ3n) is 9.65. The van der Waals surface area contributed by atoms with Crippen LogP contribution in [0.3, 0.4) is 0 Å². The normalized spacial score (nSPS) is 44.4. The summed E-state index contributed by atoms with van der Waals surface area (Å²) in [6.07, 6.45) is 4.33. The zero-order chi connectivity index (χ0) is 24.2. The van der Waals surface area contributed by atoms with Crippen LogP contribution in [0.5, 0.6) is 0 Å². The summed E-state index contributed by atoms with van der Waals surface area (Å²) >= 11 is 0. The molecule has 0 aromatic heterocycles. The Hall–Kier alpha value is -1.57. The minimum Gasteiger partial charge on any atom is -0.450 e. The first-order chi connectivity index (χ1) is 15.5. The van der Waals surface area contributed by atoms with Crippen LogP contribution < -0.4 is 0 Å². The molecule has 0 bridgehead atoms. The first kappa shape index (κ1) is 24.6. The molecule has 0 saturated heterocycles. The molecule has 184 valence electrons. The summed E-state index contributed by atoms with van der Waals surface area (Å²) in [5.74, 6) is -1.20. The minimum absolute atomic E-state index is 0.0162. The van der Waals surface area contributed by atoms with Gasteiger partial charge in [0.2, 0.25) is 5.78 Å². The van der Waals surface area contributed by atoms with Gasteiger partial charge in [0.25, 0.3) is 0 Å². The molecule has 7 heteroatoms. The molecule has 3 fully saturated rings. The van der Waals surface area contributed by atoms with Crippen LogP contribution in [0.4, 0.5) is 0 Å². The predicted octanol–water partition coefficient (Wildman–Crippen LogP) is 2.49. The Kier molecular flexibility index (Phi) is 6.38. The SMILES string of the molecule is CCCCC(=O)O[C@]1(C(=O)CO)CC[C@H]2[C@@H]3C[C@@H](O)C4=CC(=O)CC[C@]4(C)[C@H]3[C@@H](O)C[C@@]21C. The van der Waals surface area contributed by atoms with Crippen molar-refractivity contribution < 1.29 is 34.4 Å². The largest absolute Gasteiger partial charge is 0.450 e. The highest BCUT2D eigenvalue weighted by atomic mass is 16.6. The van der Waals surface area contributed by atoms with Crippen LogP contribution in [0.2, 0.25) is 0 Å². The maximum Gasteiger partial charge on any atom is 0.306 e. The van der Waals surface area contributed by atoms with Crippen LogP contribution in [-0.2, 0) is 19.1 Å². The monoisotopic (exact) mass is 462 g/mol. The number of carbonyl (C=O) groups is 3. The van der Waals surface area contributed by atoms with E-state index in [-0.39, 0.29) is 36.4 Å². The van der Waals surface area contributed by atoms with Gasteiger partial charge in [-0.3, -0.25) is 14.4 Å². The molecule has 0 aromatic rings. The van der Waals surface area contributed by atoms with Crippen molar-refractivity contribution in [2.24, 2.45) is 28.6 Å². The van der Waals surface area contributed by atoms with Gasteiger partial charge in [0.1, 0.15) is 6.61 Å². The zero-order valence-electron chi connectivity index (χ0n) is 20.0. The number of Topliss-reactive ketones (excluding diaryl/α,β-unsaturated/α-hetero) is 1. The van der Waals surface area contributed by atoms with Crippen LogP contribution in [0.15, 0.2) is 11.6 Å². The zero-order valence-corrected chi connectivity index (χ0v) is 20.0. The summed E-state index contributed by atoms with van der Waals surface area (Å²) in [5.41, 5.74) is -2.06. The molecule has 0 radical (unpaired) electrons. The van der Waals surface area contributed by atoms with E-state index >= 15 is 0 Å². The van der Waals surface area contributed by atoms with Crippen molar-refractivity contribution in [1.82, 2.24) is 0 Å². The van der Waals surface area contributed by atoms with Crippen molar-refractivity contribution in [2.75, 3.05) is 6.61 Å². The second-order valence-corrected chi connectivity index (χ2v) is 11.2. The van der Waals surface area contributed by atoms with E-state index in [0.717, 1.165) is 12.0 Å². The number of hydrogen-bond donors (Lipinski definition) is 3. The quantitative estimate of drug-likeness (QED) is 0.519. The van der Waals surface area contributed by atoms with E-state index in [4.69, 9.17) is 4.74 Å². The average molecular weight is 463 g/mol. The summed E-state index contributed by atoms with van der Waals surface area (Å²) in [5, 5.41) is 32.4. The van der Waals surface area contributed by atoms with Crippen LogP contribution in [0.1, 0.15) is 78.6 Å². The second kappa shape index (κ2) is 8.58. The molecule has 4 aliphatic rings. The minimum atomic E-state index is -1.46. The molecule has 8 atom stereocenters. The van der Waals surface area contributed by atoms with E-state index in [1.165, 1.54) is 0 Å². The highest BCUT2D eigenvalue weighted by molar-refractivity contribution is 5.92. The van der Waals surface area contributed by atoms with Gasteiger partial charge >= 0.3 is 5.97 Å². The number of ether oxygens (including phenoxy) is 1. The molecule has 7 nitrogen and oxygen atoms in total. The number of rotatable bonds is 6. The van der Waals surface area contributed by atoms with Crippen LogP contribution in [-0.4, -0.2) is 57.3 Å². The van der Waals surface area contributed by atoms with Crippen molar-refractivity contribution in [2.45, 2.75) is 96.4 Å². The van der Waals surface area contributed by atoms with Crippen molar-refractivity contribution in [3.63, 3.8) is 0 Å². The number of aliphatic hydroxyl groups excluding tert-OH is 3. The average Bonchev–Trinajstić information content (AvgIpc) is 3.05. The van der Waals surface area contributed by atoms with E-state index in [1.54, 1.807) is 6.08 Å². The van der Waals surface area contributed by atoms with Crippen LogP contribution in [0, 0.1) is 28.6 Å². The van der Waals surface area contributed by atoms with E-state index in [9.17, 15) is 29.7 Å². The molecule has 0 amide bonds. The molecular weight excluding hydrogens is 424 g/mol. The standard InChI is InChI=1S/C26H38O7/c1-4-5-6-22(32)33-26(21(31)14-27)10-8-17-16-12-19(29)18-11-15(28)7-9-24(18,2)23(16)20(30)13-25(17,26)3/h11,16-17,19-20,23,27,29-30H,4-10,12-14H2,1-3H3/t16-,17-,19+,20-,23+,24-,25-,26-/m0/s1. The molecule has 4 aliphatic carbocycles. The van der Waals surface area contributed by atoms with Gasteiger partial charge in [-0.1, -0.05) is 27.2 Å². The number of carbonyl (C=O) groups excluding carboxylic acids is 3. The highest BCUT2D eigenvalue weighted by Gasteiger charge is 2.71. The maximum absolute atomic E-state index is 13.2. The molecule has 3 saturated carbocycles. The first-order valence-corrected chi connectivity index (χ1v) is 12.5. The van der Waals surface area contributed by atoms with Crippen LogP contribution >= 0.6 is 0 Å². The lowest BCUT2D eigenvalue weighted by Gasteiger charge is -2.61. The van der Waals surface area contributed by atoms with Crippen molar-refractivity contribution in [1.29, 1.82) is 0 Å². The number of aliphatic hydroxyl groups is 3. The Bertz CT molecular complexity index is 865. The van der Waals surface area contributed by atoms with Gasteiger partial charge in [-0.2, -0.15) is 0 Å². The van der Waals surface area contributed by atoms with Gasteiger partial charge in [0, 0.05) is 18.3 Å². The summed E-state index contributed by atoms with van der Waals surface area (Å²) < 4.78 is 5.95. The highest BCUT2D eigenvalue weighted by Crippen LogP contribution is 2.68. The fourth-order valence-electron chi connectivity index (χ4n) is 8.11. The van der Waals surface area contributed by atoms with Gasteiger partial charge in [-0.05, 0) is 73.3 Å². The van der Waals surface area contributed by atoms with E-state index in [2.05, 4.69) is 0 Å². The molecule has 0 heterocycles. The third-order valence-corrected chi connectivity index (χ3v) is 9.65. The van der Waals surface area contributed by atoms with Crippen molar-refractivity contribution in [3.05, 3.63) is 11.6 Å². The number of hydrogen-bond acceptors (Lipinski definition) is 7.